The summed E-state index contributed by atoms with van der Waals surface area (Å²) in [4.78, 5) is 23.3. The van der Waals surface area contributed by atoms with Crippen LogP contribution in [0.15, 0.2) is 54.6 Å². The van der Waals surface area contributed by atoms with E-state index in [0.717, 1.165) is 0 Å². The molecule has 0 unspecified atom stereocenters. The zero-order chi connectivity index (χ0) is 16.2. The second-order valence-electron chi connectivity index (χ2n) is 4.61. The van der Waals surface area contributed by atoms with Crippen LogP contribution < -0.4 is 5.32 Å². The van der Waals surface area contributed by atoms with Crippen LogP contribution in [0.1, 0.15) is 27.1 Å². The predicted molar refractivity (Wildman–Crippen MR) is 75.8 cm³/mol. The van der Waals surface area contributed by atoms with Gasteiger partial charge in [0.15, 0.2) is 5.78 Å². The first-order chi connectivity index (χ1) is 10.3. The lowest BCUT2D eigenvalue weighted by molar-refractivity contribution is -0.125. The van der Waals surface area contributed by atoms with Gasteiger partial charge < -0.3 is 5.32 Å². The average Bonchev–Trinajstić information content (AvgIpc) is 2.47. The monoisotopic (exact) mass is 307 g/mol. The van der Waals surface area contributed by atoms with Crippen LogP contribution in [0, 0.1) is 0 Å². The molecule has 0 aliphatic rings. The minimum Gasteiger partial charge on any atom is -0.322 e. The van der Waals surface area contributed by atoms with E-state index in [1.165, 1.54) is 24.3 Å². The molecule has 0 saturated carbocycles. The molecule has 114 valence electrons. The van der Waals surface area contributed by atoms with Crippen LogP contribution in [0.4, 0.5) is 18.9 Å². The van der Waals surface area contributed by atoms with E-state index in [1.54, 1.807) is 30.3 Å². The van der Waals surface area contributed by atoms with Gasteiger partial charge in [-0.3, -0.25) is 9.59 Å². The molecular weight excluding hydrogens is 295 g/mol. The van der Waals surface area contributed by atoms with Gasteiger partial charge in [-0.15, -0.1) is 0 Å². The van der Waals surface area contributed by atoms with Crippen molar-refractivity contribution in [1.82, 2.24) is 0 Å². The predicted octanol–water partition coefficient (Wildman–Crippen LogP) is 4.07. The summed E-state index contributed by atoms with van der Waals surface area (Å²) >= 11 is 0. The molecule has 2 rings (SSSR count). The maximum absolute atomic E-state index is 12.2. The Hall–Kier alpha value is -2.63. The van der Waals surface area contributed by atoms with Crippen LogP contribution in [0.5, 0.6) is 0 Å². The van der Waals surface area contributed by atoms with E-state index in [-0.39, 0.29) is 11.5 Å². The van der Waals surface area contributed by atoms with Gasteiger partial charge in [-0.25, -0.2) is 0 Å². The molecule has 0 spiro atoms. The van der Waals surface area contributed by atoms with Crippen molar-refractivity contribution in [3.63, 3.8) is 0 Å². The number of rotatable bonds is 4. The number of halogens is 3. The molecule has 0 aliphatic carbocycles. The lowest BCUT2D eigenvalue weighted by Gasteiger charge is -2.07. The molecule has 0 atom stereocenters. The fourth-order valence-electron chi connectivity index (χ4n) is 1.82. The molecule has 2 aromatic rings. The van der Waals surface area contributed by atoms with Crippen molar-refractivity contribution >= 4 is 17.4 Å². The van der Waals surface area contributed by atoms with Crippen molar-refractivity contribution in [3.8, 4) is 0 Å². The number of benzene rings is 2. The quantitative estimate of drug-likeness (QED) is 0.865. The van der Waals surface area contributed by atoms with Crippen LogP contribution in [0.2, 0.25) is 0 Å². The molecule has 0 aliphatic heterocycles. The van der Waals surface area contributed by atoms with E-state index in [2.05, 4.69) is 5.32 Å². The highest BCUT2D eigenvalue weighted by Crippen LogP contribution is 2.22. The number of amides is 1. The minimum absolute atomic E-state index is 0.0463. The first kappa shape index (κ1) is 15.8. The standard InChI is InChI=1S/C16H12F3NO2/c17-16(18,19)10-14(21)11-6-8-13(9-7-11)20-15(22)12-4-2-1-3-5-12/h1-9H,10H2,(H,20,22). The SMILES string of the molecule is O=C(CC(F)(F)F)c1ccc(NC(=O)c2ccccc2)cc1. The van der Waals surface area contributed by atoms with E-state index in [4.69, 9.17) is 0 Å². The zero-order valence-corrected chi connectivity index (χ0v) is 11.4. The third-order valence-corrected chi connectivity index (χ3v) is 2.86. The Morgan fingerprint density at radius 1 is 0.864 bits per heavy atom. The van der Waals surface area contributed by atoms with E-state index in [0.29, 0.717) is 11.3 Å². The number of anilines is 1. The van der Waals surface area contributed by atoms with E-state index < -0.39 is 18.4 Å². The van der Waals surface area contributed by atoms with Crippen molar-refractivity contribution in [1.29, 1.82) is 0 Å². The highest BCUT2D eigenvalue weighted by molar-refractivity contribution is 6.04. The number of hydrogen-bond acceptors (Lipinski definition) is 2. The number of carbonyl (C=O) groups is 2. The first-order valence-electron chi connectivity index (χ1n) is 6.41. The smallest absolute Gasteiger partial charge is 0.322 e. The first-order valence-corrected chi connectivity index (χ1v) is 6.41. The highest BCUT2D eigenvalue weighted by Gasteiger charge is 2.31. The lowest BCUT2D eigenvalue weighted by Crippen LogP contribution is -2.15. The largest absolute Gasteiger partial charge is 0.396 e. The van der Waals surface area contributed by atoms with Crippen molar-refractivity contribution in [2.24, 2.45) is 0 Å². The van der Waals surface area contributed by atoms with Crippen LogP contribution >= 0.6 is 0 Å². The van der Waals surface area contributed by atoms with Gasteiger partial charge in [0, 0.05) is 16.8 Å². The Morgan fingerprint density at radius 2 is 1.45 bits per heavy atom. The summed E-state index contributed by atoms with van der Waals surface area (Å²) in [5.74, 6) is -1.34. The second-order valence-corrected chi connectivity index (χ2v) is 4.61. The van der Waals surface area contributed by atoms with Crippen molar-refractivity contribution < 1.29 is 22.8 Å². The molecule has 0 saturated heterocycles. The molecule has 0 aromatic heterocycles. The van der Waals surface area contributed by atoms with E-state index >= 15 is 0 Å². The number of Topliss-reactive ketones (excluding diaryl/α,β-unsaturated/α-hetero) is 1. The fourth-order valence-corrected chi connectivity index (χ4v) is 1.82. The normalized spacial score (nSPS) is 11.0. The molecule has 3 nitrogen and oxygen atoms in total. The van der Waals surface area contributed by atoms with Crippen LogP contribution in [-0.2, 0) is 0 Å². The van der Waals surface area contributed by atoms with Crippen LogP contribution in [-0.4, -0.2) is 17.9 Å². The summed E-state index contributed by atoms with van der Waals surface area (Å²) in [6, 6.07) is 13.8. The van der Waals surface area contributed by atoms with Gasteiger partial charge in [0.25, 0.3) is 5.91 Å². The Bertz CT molecular complexity index is 664. The van der Waals surface area contributed by atoms with Gasteiger partial charge >= 0.3 is 6.18 Å². The zero-order valence-electron chi connectivity index (χ0n) is 11.4. The second kappa shape index (κ2) is 6.43. The molecule has 0 heterocycles. The summed E-state index contributed by atoms with van der Waals surface area (Å²) in [5.41, 5.74) is 0.812. The molecule has 2 aromatic carbocycles. The third-order valence-electron chi connectivity index (χ3n) is 2.86. The lowest BCUT2D eigenvalue weighted by atomic mass is 10.1. The summed E-state index contributed by atoms with van der Waals surface area (Å²) in [5, 5.41) is 2.60. The maximum Gasteiger partial charge on any atom is 0.396 e. The number of carbonyl (C=O) groups excluding carboxylic acids is 2. The van der Waals surface area contributed by atoms with Gasteiger partial charge in [0.05, 0.1) is 0 Å². The molecule has 22 heavy (non-hydrogen) atoms. The summed E-state index contributed by atoms with van der Waals surface area (Å²) in [6.45, 7) is 0. The molecule has 1 amide bonds. The van der Waals surface area contributed by atoms with Gasteiger partial charge in [-0.05, 0) is 36.4 Å². The van der Waals surface area contributed by atoms with E-state index in [9.17, 15) is 22.8 Å². The Labute approximate surface area is 124 Å². The minimum atomic E-state index is -4.53. The topological polar surface area (TPSA) is 46.2 Å². The average molecular weight is 307 g/mol. The summed E-state index contributed by atoms with van der Waals surface area (Å²) in [6.07, 6.45) is -6.03. The number of nitrogens with one attached hydrogen (secondary N) is 1. The molecule has 0 fully saturated rings. The molecule has 1 N–H and O–H groups in total. The van der Waals surface area contributed by atoms with Gasteiger partial charge in [-0.1, -0.05) is 18.2 Å². The van der Waals surface area contributed by atoms with Gasteiger partial charge in [0.2, 0.25) is 0 Å². The highest BCUT2D eigenvalue weighted by atomic mass is 19.4. The van der Waals surface area contributed by atoms with Crippen molar-refractivity contribution in [2.75, 3.05) is 5.32 Å². The summed E-state index contributed by atoms with van der Waals surface area (Å²) in [7, 11) is 0. The Morgan fingerprint density at radius 3 is 2.00 bits per heavy atom. The van der Waals surface area contributed by atoms with E-state index in [1.807, 2.05) is 0 Å². The Kier molecular flexibility index (Phi) is 4.60. The van der Waals surface area contributed by atoms with Crippen LogP contribution in [0.25, 0.3) is 0 Å². The Balaban J connectivity index is 2.03. The molecule has 0 radical (unpaired) electrons. The molecular formula is C16H12F3NO2. The van der Waals surface area contributed by atoms with Gasteiger partial charge in [0.1, 0.15) is 6.42 Å². The molecule has 6 heteroatoms. The van der Waals surface area contributed by atoms with Crippen LogP contribution in [0.3, 0.4) is 0 Å². The van der Waals surface area contributed by atoms with Crippen molar-refractivity contribution in [2.45, 2.75) is 12.6 Å². The number of hydrogen-bond donors (Lipinski definition) is 1. The number of ketones is 1. The fraction of sp³-hybridized carbons (Fsp3) is 0.125. The van der Waals surface area contributed by atoms with Crippen molar-refractivity contribution in [3.05, 3.63) is 65.7 Å². The molecule has 0 bridgehead atoms. The summed E-state index contributed by atoms with van der Waals surface area (Å²) < 4.78 is 36.5. The third kappa shape index (κ3) is 4.44. The maximum atomic E-state index is 12.2. The van der Waals surface area contributed by atoms with Gasteiger partial charge in [-0.2, -0.15) is 13.2 Å². The number of alkyl halides is 3.